The number of hydrogen-bond acceptors (Lipinski definition) is 3. The minimum Gasteiger partial charge on any atom is -0.356 e. The highest BCUT2D eigenvalue weighted by Crippen LogP contribution is 2.29. The van der Waals surface area contributed by atoms with Gasteiger partial charge in [0.1, 0.15) is 0 Å². The van der Waals surface area contributed by atoms with E-state index in [2.05, 4.69) is 15.5 Å². The van der Waals surface area contributed by atoms with Crippen molar-refractivity contribution in [2.45, 2.75) is 32.6 Å². The van der Waals surface area contributed by atoms with Crippen LogP contribution in [0.15, 0.2) is 18.2 Å². The molecule has 1 atom stereocenters. The molecule has 1 heterocycles. The zero-order chi connectivity index (χ0) is 18.2. The van der Waals surface area contributed by atoms with Gasteiger partial charge in [0.25, 0.3) is 0 Å². The minimum atomic E-state index is -0.134. The Balaban J connectivity index is 1.81. The number of rotatable bonds is 7. The van der Waals surface area contributed by atoms with Gasteiger partial charge >= 0.3 is 0 Å². The number of amides is 2. The van der Waals surface area contributed by atoms with Crippen LogP contribution in [0.5, 0.6) is 0 Å². The van der Waals surface area contributed by atoms with Crippen molar-refractivity contribution in [3.05, 3.63) is 28.2 Å². The molecule has 2 rings (SSSR count). The minimum absolute atomic E-state index is 0.103. The summed E-state index contributed by atoms with van der Waals surface area (Å²) in [6, 6.07) is 5.13. The molecule has 1 aliphatic heterocycles. The molecular weight excluding hydrogens is 361 g/mol. The summed E-state index contributed by atoms with van der Waals surface area (Å²) in [5.41, 5.74) is 0.455. The molecule has 1 aliphatic rings. The third-order valence-corrected chi connectivity index (χ3v) is 4.89. The second-order valence-electron chi connectivity index (χ2n) is 6.44. The number of halogens is 2. The summed E-state index contributed by atoms with van der Waals surface area (Å²) in [5, 5.41) is 6.63. The fourth-order valence-corrected chi connectivity index (χ4v) is 3.53. The number of benzene rings is 1. The lowest BCUT2D eigenvalue weighted by Gasteiger charge is -2.32. The average Bonchev–Trinajstić information content (AvgIpc) is 2.57. The van der Waals surface area contributed by atoms with Crippen molar-refractivity contribution >= 4 is 40.7 Å². The van der Waals surface area contributed by atoms with Crippen LogP contribution in [0.25, 0.3) is 0 Å². The van der Waals surface area contributed by atoms with Gasteiger partial charge in [-0.2, -0.15) is 0 Å². The summed E-state index contributed by atoms with van der Waals surface area (Å²) < 4.78 is 0. The van der Waals surface area contributed by atoms with Gasteiger partial charge in [-0.05, 0) is 43.9 Å². The molecule has 1 fully saturated rings. The summed E-state index contributed by atoms with van der Waals surface area (Å²) in [7, 11) is 0. The molecule has 2 N–H and O–H groups in total. The lowest BCUT2D eigenvalue weighted by atomic mass is 9.98. The molecule has 0 aromatic heterocycles. The number of likely N-dealkylation sites (tertiary alicyclic amines) is 1. The topological polar surface area (TPSA) is 61.4 Å². The molecule has 0 spiro atoms. The van der Waals surface area contributed by atoms with Crippen LogP contribution in [-0.2, 0) is 9.59 Å². The Kier molecular flexibility index (Phi) is 8.00. The molecule has 0 radical (unpaired) electrons. The van der Waals surface area contributed by atoms with E-state index >= 15 is 0 Å². The summed E-state index contributed by atoms with van der Waals surface area (Å²) in [6.45, 7) is 4.64. The van der Waals surface area contributed by atoms with Gasteiger partial charge in [0.15, 0.2) is 0 Å². The van der Waals surface area contributed by atoms with Crippen molar-refractivity contribution in [2.75, 3.05) is 31.5 Å². The van der Waals surface area contributed by atoms with E-state index in [9.17, 15) is 9.59 Å². The number of para-hydroxylation sites is 1. The zero-order valence-electron chi connectivity index (χ0n) is 14.5. The second-order valence-corrected chi connectivity index (χ2v) is 7.26. The van der Waals surface area contributed by atoms with Gasteiger partial charge in [-0.3, -0.25) is 14.5 Å². The monoisotopic (exact) mass is 385 g/mol. The lowest BCUT2D eigenvalue weighted by molar-refractivity contribution is -0.121. The molecule has 138 valence electrons. The predicted octanol–water partition coefficient (Wildman–Crippen LogP) is 3.56. The fourth-order valence-electron chi connectivity index (χ4n) is 3.03. The van der Waals surface area contributed by atoms with Gasteiger partial charge in [0, 0.05) is 19.5 Å². The maximum Gasteiger partial charge on any atom is 0.238 e. The van der Waals surface area contributed by atoms with Gasteiger partial charge in [-0.1, -0.05) is 36.2 Å². The molecule has 1 saturated heterocycles. The van der Waals surface area contributed by atoms with E-state index in [0.29, 0.717) is 41.2 Å². The largest absolute Gasteiger partial charge is 0.356 e. The summed E-state index contributed by atoms with van der Waals surface area (Å²) in [5.74, 6) is 0.350. The van der Waals surface area contributed by atoms with Crippen LogP contribution in [0, 0.1) is 5.92 Å². The summed E-state index contributed by atoms with van der Waals surface area (Å²) in [6.07, 6.45) is 3.51. The van der Waals surface area contributed by atoms with E-state index in [1.54, 1.807) is 18.2 Å². The number of nitrogens with one attached hydrogen (secondary N) is 2. The van der Waals surface area contributed by atoms with Gasteiger partial charge in [-0.25, -0.2) is 0 Å². The van der Waals surface area contributed by atoms with Gasteiger partial charge in [0.2, 0.25) is 11.8 Å². The number of hydrogen-bond donors (Lipinski definition) is 2. The normalized spacial score (nSPS) is 18.0. The standard InChI is InChI=1S/C18H25Cl2N3O2/c1-2-5-16(24)21-10-13-6-4-9-23(11-13)12-17(25)22-18-14(19)7-3-8-15(18)20/h3,7-8,13H,2,4-6,9-12H2,1H3,(H,21,24)(H,22,25). The Bertz CT molecular complexity index is 590. The Labute approximate surface area is 159 Å². The van der Waals surface area contributed by atoms with E-state index in [1.807, 2.05) is 6.92 Å². The highest BCUT2D eigenvalue weighted by atomic mass is 35.5. The molecule has 25 heavy (non-hydrogen) atoms. The Morgan fingerprint density at radius 2 is 1.96 bits per heavy atom. The van der Waals surface area contributed by atoms with E-state index < -0.39 is 0 Å². The van der Waals surface area contributed by atoms with Crippen molar-refractivity contribution in [2.24, 2.45) is 5.92 Å². The van der Waals surface area contributed by atoms with E-state index in [1.165, 1.54) is 0 Å². The molecule has 0 saturated carbocycles. The van der Waals surface area contributed by atoms with Gasteiger partial charge in [-0.15, -0.1) is 0 Å². The van der Waals surface area contributed by atoms with Crippen molar-refractivity contribution in [3.63, 3.8) is 0 Å². The Morgan fingerprint density at radius 3 is 2.64 bits per heavy atom. The van der Waals surface area contributed by atoms with E-state index in [0.717, 1.165) is 32.4 Å². The van der Waals surface area contributed by atoms with Crippen molar-refractivity contribution in [3.8, 4) is 0 Å². The third-order valence-electron chi connectivity index (χ3n) is 4.26. The van der Waals surface area contributed by atoms with Crippen LogP contribution in [0.3, 0.4) is 0 Å². The van der Waals surface area contributed by atoms with Crippen LogP contribution in [0.2, 0.25) is 10.0 Å². The predicted molar refractivity (Wildman–Crippen MR) is 102 cm³/mol. The van der Waals surface area contributed by atoms with Gasteiger partial charge in [0.05, 0.1) is 22.3 Å². The molecular formula is C18H25Cl2N3O2. The zero-order valence-corrected chi connectivity index (χ0v) is 16.0. The van der Waals surface area contributed by atoms with Crippen molar-refractivity contribution in [1.82, 2.24) is 10.2 Å². The molecule has 7 heteroatoms. The molecule has 1 unspecified atom stereocenters. The maximum atomic E-state index is 12.3. The average molecular weight is 386 g/mol. The van der Waals surface area contributed by atoms with Crippen LogP contribution >= 0.6 is 23.2 Å². The molecule has 0 bridgehead atoms. The van der Waals surface area contributed by atoms with Crippen LogP contribution in [0.4, 0.5) is 5.69 Å². The van der Waals surface area contributed by atoms with Crippen molar-refractivity contribution in [1.29, 1.82) is 0 Å². The van der Waals surface area contributed by atoms with Crippen LogP contribution < -0.4 is 10.6 Å². The highest BCUT2D eigenvalue weighted by molar-refractivity contribution is 6.39. The van der Waals surface area contributed by atoms with Gasteiger partial charge < -0.3 is 10.6 Å². The number of nitrogens with zero attached hydrogens (tertiary/aromatic N) is 1. The molecule has 0 aliphatic carbocycles. The maximum absolute atomic E-state index is 12.3. The summed E-state index contributed by atoms with van der Waals surface area (Å²) in [4.78, 5) is 26.0. The van der Waals surface area contributed by atoms with Crippen LogP contribution in [0.1, 0.15) is 32.6 Å². The number of piperidine rings is 1. The first-order valence-corrected chi connectivity index (χ1v) is 9.48. The first-order valence-electron chi connectivity index (χ1n) is 8.72. The number of carbonyl (C=O) groups is 2. The highest BCUT2D eigenvalue weighted by Gasteiger charge is 2.22. The number of anilines is 1. The quantitative estimate of drug-likeness (QED) is 0.753. The Morgan fingerprint density at radius 1 is 1.24 bits per heavy atom. The second kappa shape index (κ2) is 10.00. The fraction of sp³-hybridized carbons (Fsp3) is 0.556. The lowest BCUT2D eigenvalue weighted by Crippen LogP contribution is -2.43. The smallest absolute Gasteiger partial charge is 0.238 e. The third kappa shape index (κ3) is 6.49. The van der Waals surface area contributed by atoms with E-state index in [-0.39, 0.29) is 11.8 Å². The Hall–Kier alpha value is -1.30. The molecule has 1 aromatic rings. The molecule has 2 amide bonds. The number of carbonyl (C=O) groups excluding carboxylic acids is 2. The first-order chi connectivity index (χ1) is 12.0. The van der Waals surface area contributed by atoms with Crippen molar-refractivity contribution < 1.29 is 9.59 Å². The molecule has 5 nitrogen and oxygen atoms in total. The first kappa shape index (κ1) is 20.0. The van der Waals surface area contributed by atoms with E-state index in [4.69, 9.17) is 23.2 Å². The van der Waals surface area contributed by atoms with Crippen LogP contribution in [-0.4, -0.2) is 42.9 Å². The SMILES string of the molecule is CCCC(=O)NCC1CCCN(CC(=O)Nc2c(Cl)cccc2Cl)C1. The molecule has 1 aromatic carbocycles. The summed E-state index contributed by atoms with van der Waals surface area (Å²) >= 11 is 12.2.